The Kier molecular flexibility index (Phi) is 5.44. The first-order chi connectivity index (χ1) is 13.6. The molecule has 28 heavy (non-hydrogen) atoms. The number of nitrogen functional groups attached to an aromatic ring is 1. The summed E-state index contributed by atoms with van der Waals surface area (Å²) in [6.07, 6.45) is 4.68. The monoisotopic (exact) mass is 391 g/mol. The quantitative estimate of drug-likeness (QED) is 0.484. The summed E-state index contributed by atoms with van der Waals surface area (Å²) in [6, 6.07) is 18.5. The molecule has 1 saturated heterocycles. The molecular weight excluding hydrogens is 366 g/mol. The lowest BCUT2D eigenvalue weighted by atomic mass is 10.1. The molecule has 2 heterocycles. The largest absolute Gasteiger partial charge is 0.384 e. The van der Waals surface area contributed by atoms with Gasteiger partial charge < -0.3 is 10.6 Å². The Bertz CT molecular complexity index is 996. The Hall–Kier alpha value is -2.66. The third kappa shape index (κ3) is 4.09. The number of benzene rings is 2. The second-order valence-electron chi connectivity index (χ2n) is 7.46. The highest BCUT2D eigenvalue weighted by atomic mass is 32.1. The van der Waals surface area contributed by atoms with Gasteiger partial charge in [0.05, 0.1) is 6.42 Å². The zero-order chi connectivity index (χ0) is 19.5. The van der Waals surface area contributed by atoms with E-state index in [4.69, 9.17) is 11.1 Å². The van der Waals surface area contributed by atoms with Crippen LogP contribution in [0.3, 0.4) is 0 Å². The van der Waals surface area contributed by atoms with E-state index < -0.39 is 0 Å². The van der Waals surface area contributed by atoms with Gasteiger partial charge >= 0.3 is 0 Å². The Morgan fingerprint density at radius 2 is 2.00 bits per heavy atom. The van der Waals surface area contributed by atoms with Gasteiger partial charge in [0, 0.05) is 27.7 Å². The number of amidine groups is 1. The van der Waals surface area contributed by atoms with Gasteiger partial charge in [-0.2, -0.15) is 0 Å². The van der Waals surface area contributed by atoms with Gasteiger partial charge in [-0.05, 0) is 60.9 Å². The number of nitrogens with one attached hydrogen (secondary N) is 1. The van der Waals surface area contributed by atoms with Gasteiger partial charge in [-0.25, -0.2) is 0 Å². The molecular formula is C23H25N3OS. The molecule has 1 fully saturated rings. The molecule has 0 saturated carbocycles. The van der Waals surface area contributed by atoms with Crippen molar-refractivity contribution < 1.29 is 4.79 Å². The second-order valence-corrected chi connectivity index (χ2v) is 8.63. The molecule has 4 nitrogen and oxygen atoms in total. The van der Waals surface area contributed by atoms with Crippen molar-refractivity contribution in [1.29, 1.82) is 5.41 Å². The maximum absolute atomic E-state index is 12.8. The molecule has 1 aromatic heterocycles. The fraction of sp³-hybridized carbons (Fsp3) is 0.304. The van der Waals surface area contributed by atoms with Crippen molar-refractivity contribution >= 4 is 33.2 Å². The number of fused-ring (bicyclic) bond motifs is 1. The number of hydrogen-bond donors (Lipinski definition) is 2. The number of aryl methyl sites for hydroxylation is 1. The molecule has 0 bridgehead atoms. The highest BCUT2D eigenvalue weighted by Gasteiger charge is 2.28. The van der Waals surface area contributed by atoms with Crippen LogP contribution < -0.4 is 5.73 Å². The first kappa shape index (κ1) is 18.7. The standard InChI is InChI=1S/C23H25N3OS/c24-23(25)17-8-11-21-18(14-17)15-20(28-21)10-9-19-7-4-12-26(19)22(27)13-16-5-2-1-3-6-16/h1-3,5-6,8,11,14-15,19H,4,7,9-10,12-13H2,(H3,24,25)/t19-/m0/s1. The summed E-state index contributed by atoms with van der Waals surface area (Å²) in [6.45, 7) is 0.880. The van der Waals surface area contributed by atoms with Crippen LogP contribution in [0.5, 0.6) is 0 Å². The van der Waals surface area contributed by atoms with Crippen LogP contribution in [0.4, 0.5) is 0 Å². The maximum Gasteiger partial charge on any atom is 0.227 e. The van der Waals surface area contributed by atoms with Crippen molar-refractivity contribution in [2.24, 2.45) is 5.73 Å². The Balaban J connectivity index is 1.40. The molecule has 0 radical (unpaired) electrons. The van der Waals surface area contributed by atoms with Gasteiger partial charge in [0.1, 0.15) is 5.84 Å². The van der Waals surface area contributed by atoms with E-state index in [9.17, 15) is 4.79 Å². The normalized spacial score (nSPS) is 16.6. The van der Waals surface area contributed by atoms with Gasteiger partial charge in [0.2, 0.25) is 5.91 Å². The average molecular weight is 392 g/mol. The van der Waals surface area contributed by atoms with Crippen molar-refractivity contribution in [2.45, 2.75) is 38.1 Å². The van der Waals surface area contributed by atoms with Crippen LogP contribution in [-0.4, -0.2) is 29.2 Å². The Labute approximate surface area is 169 Å². The second kappa shape index (κ2) is 8.15. The van der Waals surface area contributed by atoms with E-state index >= 15 is 0 Å². The van der Waals surface area contributed by atoms with Crippen LogP contribution in [-0.2, 0) is 17.6 Å². The van der Waals surface area contributed by atoms with Crippen molar-refractivity contribution in [2.75, 3.05) is 6.54 Å². The first-order valence-electron chi connectivity index (χ1n) is 9.80. The summed E-state index contributed by atoms with van der Waals surface area (Å²) < 4.78 is 1.23. The number of carbonyl (C=O) groups is 1. The number of likely N-dealkylation sites (tertiary alicyclic amines) is 1. The molecule has 1 aliphatic heterocycles. The highest BCUT2D eigenvalue weighted by molar-refractivity contribution is 7.19. The SMILES string of the molecule is N=C(N)c1ccc2sc(CC[C@@H]3CCCN3C(=O)Cc3ccccc3)cc2c1. The molecule has 0 unspecified atom stereocenters. The van der Waals surface area contributed by atoms with E-state index in [-0.39, 0.29) is 11.7 Å². The number of rotatable bonds is 6. The minimum absolute atomic E-state index is 0.105. The Morgan fingerprint density at radius 3 is 2.79 bits per heavy atom. The van der Waals surface area contributed by atoms with E-state index in [1.54, 1.807) is 11.3 Å². The van der Waals surface area contributed by atoms with Gasteiger partial charge in [-0.3, -0.25) is 10.2 Å². The van der Waals surface area contributed by atoms with Crippen LogP contribution in [0.1, 0.15) is 35.3 Å². The molecule has 4 rings (SSSR count). The average Bonchev–Trinajstić information content (AvgIpc) is 3.32. The van der Waals surface area contributed by atoms with Gasteiger partial charge in [0.25, 0.3) is 0 Å². The number of hydrogen-bond acceptors (Lipinski definition) is 3. The van der Waals surface area contributed by atoms with E-state index in [0.717, 1.165) is 48.7 Å². The van der Waals surface area contributed by atoms with Gasteiger partial charge in [-0.15, -0.1) is 11.3 Å². The fourth-order valence-electron chi connectivity index (χ4n) is 4.03. The summed E-state index contributed by atoms with van der Waals surface area (Å²) in [4.78, 5) is 16.2. The topological polar surface area (TPSA) is 70.2 Å². The lowest BCUT2D eigenvalue weighted by molar-refractivity contribution is -0.131. The van der Waals surface area contributed by atoms with E-state index in [1.165, 1.54) is 9.58 Å². The number of nitrogens with two attached hydrogens (primary N) is 1. The predicted octanol–water partition coefficient (Wildman–Crippen LogP) is 4.35. The first-order valence-corrected chi connectivity index (χ1v) is 10.6. The maximum atomic E-state index is 12.8. The molecule has 144 valence electrons. The predicted molar refractivity (Wildman–Crippen MR) is 116 cm³/mol. The minimum Gasteiger partial charge on any atom is -0.384 e. The number of nitrogens with zero attached hydrogens (tertiary/aromatic N) is 1. The van der Waals surface area contributed by atoms with Crippen molar-refractivity contribution in [1.82, 2.24) is 4.90 Å². The number of thiophene rings is 1. The lowest BCUT2D eigenvalue weighted by Gasteiger charge is -2.24. The van der Waals surface area contributed by atoms with E-state index in [2.05, 4.69) is 11.0 Å². The van der Waals surface area contributed by atoms with Crippen molar-refractivity contribution in [3.8, 4) is 0 Å². The molecule has 3 aromatic rings. The van der Waals surface area contributed by atoms with Crippen LogP contribution >= 0.6 is 11.3 Å². The van der Waals surface area contributed by atoms with Gasteiger partial charge in [0.15, 0.2) is 0 Å². The molecule has 0 aliphatic carbocycles. The number of amides is 1. The molecule has 2 aromatic carbocycles. The van der Waals surface area contributed by atoms with Crippen molar-refractivity contribution in [3.63, 3.8) is 0 Å². The third-order valence-corrected chi connectivity index (χ3v) is 6.67. The van der Waals surface area contributed by atoms with Crippen LogP contribution in [0.15, 0.2) is 54.6 Å². The summed E-state index contributed by atoms with van der Waals surface area (Å²) in [5, 5.41) is 8.75. The summed E-state index contributed by atoms with van der Waals surface area (Å²) in [5.41, 5.74) is 7.46. The van der Waals surface area contributed by atoms with E-state index in [0.29, 0.717) is 12.5 Å². The summed E-state index contributed by atoms with van der Waals surface area (Å²) >= 11 is 1.80. The molecule has 0 spiro atoms. The van der Waals surface area contributed by atoms with Crippen LogP contribution in [0.2, 0.25) is 0 Å². The smallest absolute Gasteiger partial charge is 0.227 e. The minimum atomic E-state index is 0.105. The zero-order valence-corrected chi connectivity index (χ0v) is 16.7. The number of carbonyl (C=O) groups excluding carboxylic acids is 1. The molecule has 3 N–H and O–H groups in total. The lowest BCUT2D eigenvalue weighted by Crippen LogP contribution is -2.36. The third-order valence-electron chi connectivity index (χ3n) is 5.50. The van der Waals surface area contributed by atoms with Gasteiger partial charge in [-0.1, -0.05) is 30.3 Å². The highest BCUT2D eigenvalue weighted by Crippen LogP contribution is 2.29. The van der Waals surface area contributed by atoms with E-state index in [1.807, 2.05) is 48.5 Å². The molecule has 1 aliphatic rings. The van der Waals surface area contributed by atoms with Crippen LogP contribution in [0, 0.1) is 5.41 Å². The summed E-state index contributed by atoms with van der Waals surface area (Å²) in [5.74, 6) is 0.351. The van der Waals surface area contributed by atoms with Crippen LogP contribution in [0.25, 0.3) is 10.1 Å². The fourth-order valence-corrected chi connectivity index (χ4v) is 5.09. The molecule has 1 atom stereocenters. The molecule has 1 amide bonds. The zero-order valence-electron chi connectivity index (χ0n) is 15.9. The Morgan fingerprint density at radius 1 is 1.18 bits per heavy atom. The molecule has 5 heteroatoms. The summed E-state index contributed by atoms with van der Waals surface area (Å²) in [7, 11) is 0. The van der Waals surface area contributed by atoms with Crippen molar-refractivity contribution in [3.05, 3.63) is 70.6 Å².